The average Bonchev–Trinajstić information content (AvgIpc) is 2.54. The number of hydrogen-bond donors (Lipinski definition) is 0. The Bertz CT molecular complexity index is 477. The van der Waals surface area contributed by atoms with E-state index in [9.17, 15) is 4.79 Å². The van der Waals surface area contributed by atoms with Gasteiger partial charge in [0.2, 0.25) is 0 Å². The van der Waals surface area contributed by atoms with Crippen molar-refractivity contribution in [2.75, 3.05) is 32.8 Å². The summed E-state index contributed by atoms with van der Waals surface area (Å²) in [5, 5.41) is 0. The number of rotatable bonds is 8. The molecule has 0 bridgehead atoms. The van der Waals surface area contributed by atoms with Gasteiger partial charge in [-0.1, -0.05) is 32.4 Å². The fourth-order valence-corrected chi connectivity index (χ4v) is 2.31. The molecule has 0 N–H and O–H groups in total. The Morgan fingerprint density at radius 1 is 1.32 bits per heavy atom. The molecule has 0 aliphatic carbocycles. The highest BCUT2D eigenvalue weighted by Crippen LogP contribution is 2.30. The molecule has 5 nitrogen and oxygen atoms in total. The third-order valence-electron chi connectivity index (χ3n) is 3.59. The lowest BCUT2D eigenvalue weighted by Crippen LogP contribution is -2.43. The number of esters is 1. The third kappa shape index (κ3) is 4.91. The number of likely N-dealkylation sites (N-methyl/N-ethyl adjacent to an activating group) is 1. The van der Waals surface area contributed by atoms with Crippen LogP contribution in [0.25, 0.3) is 0 Å². The Kier molecular flexibility index (Phi) is 6.52. The van der Waals surface area contributed by atoms with Crippen LogP contribution in [0.5, 0.6) is 11.5 Å². The van der Waals surface area contributed by atoms with Crippen molar-refractivity contribution >= 4 is 5.97 Å². The monoisotopic (exact) mass is 307 g/mol. The molecule has 1 heterocycles. The van der Waals surface area contributed by atoms with Crippen LogP contribution in [0.15, 0.2) is 24.3 Å². The Morgan fingerprint density at radius 2 is 2.09 bits per heavy atom. The van der Waals surface area contributed by atoms with Crippen LogP contribution < -0.4 is 9.47 Å². The lowest BCUT2D eigenvalue weighted by Gasteiger charge is -2.30. The highest BCUT2D eigenvalue weighted by Gasteiger charge is 2.23. The third-order valence-corrected chi connectivity index (χ3v) is 3.59. The van der Waals surface area contributed by atoms with Gasteiger partial charge in [0.25, 0.3) is 0 Å². The van der Waals surface area contributed by atoms with Gasteiger partial charge in [0.15, 0.2) is 11.5 Å². The molecule has 2 rings (SSSR count). The van der Waals surface area contributed by atoms with E-state index in [0.29, 0.717) is 26.3 Å². The maximum absolute atomic E-state index is 11.8. The Labute approximate surface area is 132 Å². The highest BCUT2D eigenvalue weighted by atomic mass is 16.6. The van der Waals surface area contributed by atoms with Gasteiger partial charge in [0.1, 0.15) is 12.7 Å². The van der Waals surface area contributed by atoms with E-state index in [1.165, 1.54) is 0 Å². The van der Waals surface area contributed by atoms with E-state index < -0.39 is 0 Å². The molecule has 0 radical (unpaired) electrons. The van der Waals surface area contributed by atoms with Crippen LogP contribution in [0, 0.1) is 0 Å². The summed E-state index contributed by atoms with van der Waals surface area (Å²) in [5.41, 5.74) is 0. The fourth-order valence-electron chi connectivity index (χ4n) is 2.31. The zero-order valence-electron chi connectivity index (χ0n) is 13.4. The van der Waals surface area contributed by atoms with Crippen molar-refractivity contribution < 1.29 is 19.0 Å². The van der Waals surface area contributed by atoms with Crippen molar-refractivity contribution in [1.82, 2.24) is 4.90 Å². The predicted molar refractivity (Wildman–Crippen MR) is 84.3 cm³/mol. The van der Waals surface area contributed by atoms with Gasteiger partial charge in [-0.2, -0.15) is 0 Å². The molecule has 0 fully saturated rings. The minimum absolute atomic E-state index is 0.0710. The quantitative estimate of drug-likeness (QED) is 0.545. The van der Waals surface area contributed by atoms with Crippen molar-refractivity contribution in [2.45, 2.75) is 32.8 Å². The van der Waals surface area contributed by atoms with Crippen LogP contribution in [0.2, 0.25) is 0 Å². The normalized spacial score (nSPS) is 16.6. The molecule has 1 aliphatic heterocycles. The zero-order chi connectivity index (χ0) is 15.8. The van der Waals surface area contributed by atoms with Gasteiger partial charge >= 0.3 is 5.97 Å². The lowest BCUT2D eigenvalue weighted by molar-refractivity contribution is -0.145. The summed E-state index contributed by atoms with van der Waals surface area (Å²) in [7, 11) is 0. The van der Waals surface area contributed by atoms with E-state index in [-0.39, 0.29) is 12.1 Å². The maximum Gasteiger partial charge on any atom is 0.320 e. The molecule has 1 atom stereocenters. The number of para-hydroxylation sites is 2. The van der Waals surface area contributed by atoms with Crippen LogP contribution in [-0.2, 0) is 9.53 Å². The number of hydrogen-bond acceptors (Lipinski definition) is 5. The van der Waals surface area contributed by atoms with Crippen molar-refractivity contribution in [2.24, 2.45) is 0 Å². The van der Waals surface area contributed by atoms with Gasteiger partial charge in [0, 0.05) is 6.54 Å². The molecule has 122 valence electrons. The topological polar surface area (TPSA) is 48.0 Å². The van der Waals surface area contributed by atoms with Crippen molar-refractivity contribution in [1.29, 1.82) is 0 Å². The molecular weight excluding hydrogens is 282 g/mol. The molecule has 0 spiro atoms. The number of carbonyl (C=O) groups excluding carboxylic acids is 1. The molecule has 1 aromatic rings. The van der Waals surface area contributed by atoms with Crippen LogP contribution in [0.1, 0.15) is 26.7 Å². The number of fused-ring (bicyclic) bond motifs is 1. The van der Waals surface area contributed by atoms with E-state index in [1.54, 1.807) is 0 Å². The molecule has 0 saturated carbocycles. The van der Waals surface area contributed by atoms with Gasteiger partial charge in [-0.3, -0.25) is 9.69 Å². The van der Waals surface area contributed by atoms with Crippen molar-refractivity contribution in [3.05, 3.63) is 24.3 Å². The van der Waals surface area contributed by atoms with E-state index in [2.05, 4.69) is 6.92 Å². The van der Waals surface area contributed by atoms with E-state index >= 15 is 0 Å². The summed E-state index contributed by atoms with van der Waals surface area (Å²) in [6.45, 7) is 6.81. The molecule has 0 aromatic heterocycles. The van der Waals surface area contributed by atoms with Gasteiger partial charge in [-0.05, 0) is 25.1 Å². The molecule has 1 unspecified atom stereocenters. The Balaban J connectivity index is 1.80. The molecule has 5 heteroatoms. The zero-order valence-corrected chi connectivity index (χ0v) is 13.4. The molecule has 1 aliphatic rings. The summed E-state index contributed by atoms with van der Waals surface area (Å²) in [6, 6.07) is 7.64. The van der Waals surface area contributed by atoms with E-state index in [4.69, 9.17) is 14.2 Å². The number of nitrogens with zero attached hydrogens (tertiary/aromatic N) is 1. The minimum Gasteiger partial charge on any atom is -0.486 e. The standard InChI is InChI=1S/C17H25NO4/c1-3-5-10-20-17(19)12-18(4-2)11-14-13-21-15-8-6-7-9-16(15)22-14/h6-9,14H,3-5,10-13H2,1-2H3. The fraction of sp³-hybridized carbons (Fsp3) is 0.588. The minimum atomic E-state index is -0.174. The second-order valence-electron chi connectivity index (χ2n) is 5.40. The van der Waals surface area contributed by atoms with Crippen LogP contribution >= 0.6 is 0 Å². The van der Waals surface area contributed by atoms with Crippen molar-refractivity contribution in [3.63, 3.8) is 0 Å². The molecule has 22 heavy (non-hydrogen) atoms. The summed E-state index contributed by atoms with van der Waals surface area (Å²) in [5.74, 6) is 1.37. The first kappa shape index (κ1) is 16.6. The summed E-state index contributed by atoms with van der Waals surface area (Å²) in [6.07, 6.45) is 1.87. The Hall–Kier alpha value is -1.75. The first-order valence-corrected chi connectivity index (χ1v) is 7.99. The number of unbranched alkanes of at least 4 members (excludes halogenated alkanes) is 1. The highest BCUT2D eigenvalue weighted by molar-refractivity contribution is 5.71. The van der Waals surface area contributed by atoms with Gasteiger partial charge in [-0.25, -0.2) is 0 Å². The smallest absolute Gasteiger partial charge is 0.320 e. The summed E-state index contributed by atoms with van der Waals surface area (Å²) >= 11 is 0. The van der Waals surface area contributed by atoms with Crippen LogP contribution in [0.3, 0.4) is 0 Å². The molecule has 0 saturated heterocycles. The summed E-state index contributed by atoms with van der Waals surface area (Å²) < 4.78 is 16.8. The van der Waals surface area contributed by atoms with Crippen LogP contribution in [-0.4, -0.2) is 49.8 Å². The molecular formula is C17H25NO4. The predicted octanol–water partition coefficient (Wildman–Crippen LogP) is 2.49. The maximum atomic E-state index is 11.8. The molecule has 1 aromatic carbocycles. The van der Waals surface area contributed by atoms with E-state index in [1.807, 2.05) is 36.1 Å². The Morgan fingerprint density at radius 3 is 2.82 bits per heavy atom. The lowest BCUT2D eigenvalue weighted by atomic mass is 10.2. The molecule has 0 amide bonds. The van der Waals surface area contributed by atoms with Gasteiger partial charge < -0.3 is 14.2 Å². The van der Waals surface area contributed by atoms with Gasteiger partial charge in [-0.15, -0.1) is 0 Å². The second-order valence-corrected chi connectivity index (χ2v) is 5.40. The average molecular weight is 307 g/mol. The van der Waals surface area contributed by atoms with E-state index in [0.717, 1.165) is 30.9 Å². The SMILES string of the molecule is CCCCOC(=O)CN(CC)CC1COc2ccccc2O1. The number of ether oxygens (including phenoxy) is 3. The van der Waals surface area contributed by atoms with Crippen molar-refractivity contribution in [3.8, 4) is 11.5 Å². The largest absolute Gasteiger partial charge is 0.486 e. The number of benzene rings is 1. The second kappa shape index (κ2) is 8.63. The summed E-state index contributed by atoms with van der Waals surface area (Å²) in [4.78, 5) is 13.8. The number of carbonyl (C=O) groups is 1. The van der Waals surface area contributed by atoms with Crippen LogP contribution in [0.4, 0.5) is 0 Å². The van der Waals surface area contributed by atoms with Gasteiger partial charge in [0.05, 0.1) is 13.2 Å². The first-order chi connectivity index (χ1) is 10.7. The first-order valence-electron chi connectivity index (χ1n) is 7.99.